The molecule has 2 aromatic carbocycles. The van der Waals surface area contributed by atoms with Crippen molar-refractivity contribution in [2.45, 2.75) is 25.4 Å². The second kappa shape index (κ2) is 7.36. The Morgan fingerprint density at radius 1 is 1.12 bits per heavy atom. The molecule has 3 rings (SSSR count). The third-order valence-electron chi connectivity index (χ3n) is 4.14. The largest absolute Gasteiger partial charge is 0.490 e. The van der Waals surface area contributed by atoms with Crippen LogP contribution in [0.25, 0.3) is 0 Å². The molecule has 5 heteroatoms. The molecule has 5 nitrogen and oxygen atoms in total. The van der Waals surface area contributed by atoms with Crippen molar-refractivity contribution >= 4 is 5.91 Å². The van der Waals surface area contributed by atoms with Gasteiger partial charge in [-0.1, -0.05) is 36.4 Å². The summed E-state index contributed by atoms with van der Waals surface area (Å²) in [6.07, 6.45) is 0.749. The fourth-order valence-electron chi connectivity index (χ4n) is 3.00. The number of carbonyl (C=O) groups is 1. The van der Waals surface area contributed by atoms with Crippen molar-refractivity contribution in [2.75, 3.05) is 13.2 Å². The number of hydrogen-bond acceptors (Lipinski definition) is 4. The van der Waals surface area contributed by atoms with Gasteiger partial charge in [0.25, 0.3) is 5.91 Å². The van der Waals surface area contributed by atoms with Gasteiger partial charge in [0.05, 0.1) is 18.7 Å². The first-order chi connectivity index (χ1) is 11.7. The van der Waals surface area contributed by atoms with Crippen LogP contribution in [0, 0.1) is 0 Å². The summed E-state index contributed by atoms with van der Waals surface area (Å²) in [5, 5.41) is 2.97. The Labute approximate surface area is 141 Å². The highest BCUT2D eigenvalue weighted by Gasteiger charge is 2.30. The van der Waals surface area contributed by atoms with E-state index in [1.165, 1.54) is 5.56 Å². The zero-order valence-corrected chi connectivity index (χ0v) is 13.7. The molecule has 0 saturated carbocycles. The monoisotopic (exact) mass is 326 g/mol. The number of para-hydroxylation sites is 2. The minimum Gasteiger partial charge on any atom is -0.490 e. The molecule has 0 fully saturated rings. The summed E-state index contributed by atoms with van der Waals surface area (Å²) in [6.45, 7) is 2.38. The van der Waals surface area contributed by atoms with Crippen LogP contribution in [0.1, 0.15) is 24.1 Å². The minimum atomic E-state index is -0.186. The van der Waals surface area contributed by atoms with Gasteiger partial charge in [0.15, 0.2) is 18.1 Å². The summed E-state index contributed by atoms with van der Waals surface area (Å²) in [5.41, 5.74) is 8.53. The fraction of sp³-hybridized carbons (Fsp3) is 0.316. The lowest BCUT2D eigenvalue weighted by atomic mass is 10.1. The molecular formula is C19H22N2O3. The summed E-state index contributed by atoms with van der Waals surface area (Å²) >= 11 is 0. The number of rotatable bonds is 6. The van der Waals surface area contributed by atoms with E-state index in [1.807, 2.05) is 43.3 Å². The van der Waals surface area contributed by atoms with Gasteiger partial charge < -0.3 is 20.5 Å². The van der Waals surface area contributed by atoms with Crippen molar-refractivity contribution in [1.29, 1.82) is 0 Å². The van der Waals surface area contributed by atoms with Gasteiger partial charge in [0.2, 0.25) is 0 Å². The van der Waals surface area contributed by atoms with Gasteiger partial charge in [-0.05, 0) is 36.6 Å². The van der Waals surface area contributed by atoms with Gasteiger partial charge >= 0.3 is 0 Å². The number of carbonyl (C=O) groups excluding carboxylic acids is 1. The number of fused-ring (bicyclic) bond motifs is 1. The number of nitrogens with one attached hydrogen (secondary N) is 1. The number of hydrogen-bond donors (Lipinski definition) is 2. The first-order valence-electron chi connectivity index (χ1n) is 8.16. The molecule has 0 aromatic heterocycles. The SMILES string of the molecule is CCOc1ccccc1OCC(=O)N[C@@H]1Cc2ccccc2[C@H]1N. The lowest BCUT2D eigenvalue weighted by Crippen LogP contribution is -2.42. The number of amides is 1. The Morgan fingerprint density at radius 3 is 2.50 bits per heavy atom. The minimum absolute atomic E-state index is 0.0658. The summed E-state index contributed by atoms with van der Waals surface area (Å²) in [6, 6.07) is 15.1. The first-order valence-corrected chi connectivity index (χ1v) is 8.16. The quantitative estimate of drug-likeness (QED) is 0.853. The Hall–Kier alpha value is -2.53. The molecule has 1 aliphatic rings. The average Bonchev–Trinajstić information content (AvgIpc) is 2.91. The molecular weight excluding hydrogens is 304 g/mol. The fourth-order valence-corrected chi connectivity index (χ4v) is 3.00. The van der Waals surface area contributed by atoms with Crippen LogP contribution in [-0.4, -0.2) is 25.2 Å². The topological polar surface area (TPSA) is 73.6 Å². The molecule has 3 N–H and O–H groups in total. The molecule has 126 valence electrons. The molecule has 0 heterocycles. The molecule has 2 aromatic rings. The Kier molecular flexibility index (Phi) is 5.01. The van der Waals surface area contributed by atoms with Gasteiger partial charge in [0, 0.05) is 0 Å². The molecule has 24 heavy (non-hydrogen) atoms. The highest BCUT2D eigenvalue weighted by molar-refractivity contribution is 5.78. The Balaban J connectivity index is 1.56. The van der Waals surface area contributed by atoms with E-state index in [-0.39, 0.29) is 24.6 Å². The van der Waals surface area contributed by atoms with Crippen molar-refractivity contribution in [2.24, 2.45) is 5.73 Å². The van der Waals surface area contributed by atoms with Crippen LogP contribution in [0.5, 0.6) is 11.5 Å². The second-order valence-corrected chi connectivity index (χ2v) is 5.77. The van der Waals surface area contributed by atoms with Crippen molar-refractivity contribution in [1.82, 2.24) is 5.32 Å². The zero-order valence-electron chi connectivity index (χ0n) is 13.7. The summed E-state index contributed by atoms with van der Waals surface area (Å²) < 4.78 is 11.1. The van der Waals surface area contributed by atoms with Crippen molar-refractivity contribution < 1.29 is 14.3 Å². The van der Waals surface area contributed by atoms with Crippen LogP contribution in [-0.2, 0) is 11.2 Å². The van der Waals surface area contributed by atoms with E-state index in [1.54, 1.807) is 6.07 Å². The molecule has 2 atom stereocenters. The maximum absolute atomic E-state index is 12.2. The molecule has 1 amide bonds. The predicted molar refractivity (Wildman–Crippen MR) is 92.1 cm³/mol. The van der Waals surface area contributed by atoms with Gasteiger partial charge in [0.1, 0.15) is 0 Å². The van der Waals surface area contributed by atoms with E-state index in [9.17, 15) is 4.79 Å². The van der Waals surface area contributed by atoms with Crippen molar-refractivity contribution in [3.63, 3.8) is 0 Å². The van der Waals surface area contributed by atoms with Gasteiger partial charge in [-0.2, -0.15) is 0 Å². The van der Waals surface area contributed by atoms with Crippen molar-refractivity contribution in [3.8, 4) is 11.5 Å². The molecule has 0 aliphatic heterocycles. The first kappa shape index (κ1) is 16.3. The van der Waals surface area contributed by atoms with E-state index in [0.29, 0.717) is 18.1 Å². The third kappa shape index (κ3) is 3.51. The van der Waals surface area contributed by atoms with Gasteiger partial charge in [-0.3, -0.25) is 4.79 Å². The molecule has 0 bridgehead atoms. The standard InChI is InChI=1S/C19H22N2O3/c1-2-23-16-9-5-6-10-17(16)24-12-18(22)21-15-11-13-7-3-4-8-14(13)19(15)20/h3-10,15,19H,2,11-12,20H2,1H3,(H,21,22)/t15-,19-/m1/s1. The summed E-state index contributed by atoms with van der Waals surface area (Å²) in [5.74, 6) is 1.01. The van der Waals surface area contributed by atoms with Crippen LogP contribution in [0.15, 0.2) is 48.5 Å². The highest BCUT2D eigenvalue weighted by Crippen LogP contribution is 2.29. The van der Waals surface area contributed by atoms with E-state index in [0.717, 1.165) is 12.0 Å². The van der Waals surface area contributed by atoms with Gasteiger partial charge in [-0.25, -0.2) is 0 Å². The molecule has 0 spiro atoms. The van der Waals surface area contributed by atoms with Crippen LogP contribution in [0.2, 0.25) is 0 Å². The number of ether oxygens (including phenoxy) is 2. The summed E-state index contributed by atoms with van der Waals surface area (Å²) in [7, 11) is 0. The molecule has 0 unspecified atom stereocenters. The number of benzene rings is 2. The second-order valence-electron chi connectivity index (χ2n) is 5.77. The zero-order chi connectivity index (χ0) is 16.9. The van der Waals surface area contributed by atoms with Crippen molar-refractivity contribution in [3.05, 3.63) is 59.7 Å². The van der Waals surface area contributed by atoms with Gasteiger partial charge in [-0.15, -0.1) is 0 Å². The highest BCUT2D eigenvalue weighted by atomic mass is 16.5. The van der Waals surface area contributed by atoms with Crippen LogP contribution >= 0.6 is 0 Å². The molecule has 0 radical (unpaired) electrons. The average molecular weight is 326 g/mol. The Bertz CT molecular complexity index is 717. The lowest BCUT2D eigenvalue weighted by molar-refractivity contribution is -0.123. The number of nitrogens with two attached hydrogens (primary N) is 1. The van der Waals surface area contributed by atoms with Crippen LogP contribution < -0.4 is 20.5 Å². The van der Waals surface area contributed by atoms with Crippen LogP contribution in [0.4, 0.5) is 0 Å². The molecule has 0 saturated heterocycles. The maximum atomic E-state index is 12.2. The maximum Gasteiger partial charge on any atom is 0.258 e. The van der Waals surface area contributed by atoms with E-state index in [2.05, 4.69) is 11.4 Å². The smallest absolute Gasteiger partial charge is 0.258 e. The van der Waals surface area contributed by atoms with E-state index in [4.69, 9.17) is 15.2 Å². The van der Waals surface area contributed by atoms with E-state index < -0.39 is 0 Å². The normalized spacial score (nSPS) is 18.8. The third-order valence-corrected chi connectivity index (χ3v) is 4.14. The lowest BCUT2D eigenvalue weighted by Gasteiger charge is -2.18. The Morgan fingerprint density at radius 2 is 1.79 bits per heavy atom. The van der Waals surface area contributed by atoms with Crippen LogP contribution in [0.3, 0.4) is 0 Å². The predicted octanol–water partition coefficient (Wildman–Crippen LogP) is 2.21. The molecule has 1 aliphatic carbocycles. The summed E-state index contributed by atoms with van der Waals surface area (Å²) in [4.78, 5) is 12.2. The van der Waals surface area contributed by atoms with E-state index >= 15 is 0 Å².